The summed E-state index contributed by atoms with van der Waals surface area (Å²) in [5.74, 6) is -0.235. The van der Waals surface area contributed by atoms with Crippen LogP contribution in [0, 0.1) is 5.82 Å². The van der Waals surface area contributed by atoms with Gasteiger partial charge in [-0.2, -0.15) is 0 Å². The molecule has 3 atom stereocenters. The number of anilines is 1. The first-order chi connectivity index (χ1) is 11.9. The van der Waals surface area contributed by atoms with Crippen LogP contribution in [0.15, 0.2) is 42.5 Å². The Labute approximate surface area is 148 Å². The maximum absolute atomic E-state index is 13.7. The third kappa shape index (κ3) is 3.05. The maximum Gasteiger partial charge on any atom is 0.123 e. The molecule has 0 saturated carbocycles. The molecule has 0 radical (unpaired) electrons. The highest BCUT2D eigenvalue weighted by Crippen LogP contribution is 2.45. The van der Waals surface area contributed by atoms with Gasteiger partial charge in [0.1, 0.15) is 18.0 Å². The van der Waals surface area contributed by atoms with Crippen molar-refractivity contribution >= 4 is 5.69 Å². The molecule has 2 heterocycles. The molecule has 25 heavy (non-hydrogen) atoms. The predicted molar refractivity (Wildman–Crippen MR) is 96.3 cm³/mol. The fraction of sp³-hybridized carbons (Fsp3) is 0.429. The molecule has 2 aromatic rings. The molecule has 0 spiro atoms. The molecule has 2 aliphatic heterocycles. The number of hydrogen-bond donors (Lipinski definition) is 1. The fourth-order valence-electron chi connectivity index (χ4n) is 3.70. The highest BCUT2D eigenvalue weighted by molar-refractivity contribution is 5.59. The normalized spacial score (nSPS) is 25.7. The van der Waals surface area contributed by atoms with Crippen molar-refractivity contribution in [3.05, 3.63) is 65.0 Å². The molecule has 4 heteroatoms. The van der Waals surface area contributed by atoms with Crippen LogP contribution in [-0.4, -0.2) is 19.3 Å². The van der Waals surface area contributed by atoms with E-state index in [-0.39, 0.29) is 29.5 Å². The number of nitrogens with one attached hydrogen (secondary N) is 1. The molecule has 0 aromatic heterocycles. The van der Waals surface area contributed by atoms with Crippen LogP contribution in [0.1, 0.15) is 49.6 Å². The van der Waals surface area contributed by atoms with E-state index in [9.17, 15) is 4.39 Å². The minimum atomic E-state index is -0.235. The van der Waals surface area contributed by atoms with Gasteiger partial charge in [-0.05, 0) is 34.7 Å². The maximum atomic E-state index is 13.7. The highest BCUT2D eigenvalue weighted by Gasteiger charge is 2.41. The zero-order chi connectivity index (χ0) is 17.6. The van der Waals surface area contributed by atoms with Crippen molar-refractivity contribution in [3.63, 3.8) is 0 Å². The zero-order valence-corrected chi connectivity index (χ0v) is 14.9. The first-order valence-corrected chi connectivity index (χ1v) is 8.83. The summed E-state index contributed by atoms with van der Waals surface area (Å²) in [7, 11) is 0. The Hall–Kier alpha value is -1.91. The molecule has 1 N–H and O–H groups in total. The largest absolute Gasteiger partial charge is 0.375 e. The van der Waals surface area contributed by atoms with Crippen molar-refractivity contribution in [2.24, 2.45) is 0 Å². The van der Waals surface area contributed by atoms with Crippen molar-refractivity contribution < 1.29 is 13.9 Å². The zero-order valence-electron chi connectivity index (χ0n) is 14.9. The van der Waals surface area contributed by atoms with Crippen molar-refractivity contribution in [3.8, 4) is 0 Å². The molecule has 0 aliphatic carbocycles. The van der Waals surface area contributed by atoms with Gasteiger partial charge in [0.05, 0.1) is 19.3 Å². The average Bonchev–Trinajstić information content (AvgIpc) is 2.60. The standard InChI is InChI=1S/C21H24FNO2/c1-21(2,3)14-7-8-17-16(12-14)19-20(25-10-9-24-19)18(23-17)13-5-4-6-15(22)11-13/h4-8,11-12,18-20,23H,9-10H2,1-3H3. The Balaban J connectivity index is 1.78. The lowest BCUT2D eigenvalue weighted by Crippen LogP contribution is -2.43. The molecule has 0 amide bonds. The molecule has 2 aromatic carbocycles. The second-order valence-electron chi connectivity index (χ2n) is 7.86. The van der Waals surface area contributed by atoms with E-state index in [0.717, 1.165) is 16.8 Å². The molecule has 132 valence electrons. The van der Waals surface area contributed by atoms with Gasteiger partial charge >= 0.3 is 0 Å². The summed E-state index contributed by atoms with van der Waals surface area (Å²) in [4.78, 5) is 0. The molecule has 4 rings (SSSR count). The van der Waals surface area contributed by atoms with Gasteiger partial charge in [0.25, 0.3) is 0 Å². The van der Waals surface area contributed by atoms with Crippen LogP contribution in [0.3, 0.4) is 0 Å². The minimum Gasteiger partial charge on any atom is -0.375 e. The van der Waals surface area contributed by atoms with E-state index in [1.807, 2.05) is 6.07 Å². The molecular formula is C21H24FNO2. The number of hydrogen-bond acceptors (Lipinski definition) is 3. The van der Waals surface area contributed by atoms with Crippen LogP contribution in [0.4, 0.5) is 10.1 Å². The average molecular weight is 341 g/mol. The first kappa shape index (κ1) is 16.6. The van der Waals surface area contributed by atoms with E-state index >= 15 is 0 Å². The fourth-order valence-corrected chi connectivity index (χ4v) is 3.70. The quantitative estimate of drug-likeness (QED) is 0.812. The summed E-state index contributed by atoms with van der Waals surface area (Å²) in [6.07, 6.45) is -0.307. The Kier molecular flexibility index (Phi) is 4.05. The summed E-state index contributed by atoms with van der Waals surface area (Å²) in [6, 6.07) is 13.1. The van der Waals surface area contributed by atoms with Crippen LogP contribution in [0.2, 0.25) is 0 Å². The van der Waals surface area contributed by atoms with Crippen LogP contribution in [0.25, 0.3) is 0 Å². The summed E-state index contributed by atoms with van der Waals surface area (Å²) in [5, 5.41) is 3.55. The minimum absolute atomic E-state index is 0.0689. The first-order valence-electron chi connectivity index (χ1n) is 8.83. The van der Waals surface area contributed by atoms with Crippen LogP contribution in [0.5, 0.6) is 0 Å². The van der Waals surface area contributed by atoms with Gasteiger partial charge in [-0.3, -0.25) is 0 Å². The molecule has 3 nitrogen and oxygen atoms in total. The molecule has 3 unspecified atom stereocenters. The van der Waals surface area contributed by atoms with Gasteiger partial charge in [0.15, 0.2) is 0 Å². The molecule has 1 fully saturated rings. The summed E-state index contributed by atoms with van der Waals surface area (Å²) in [6.45, 7) is 7.75. The van der Waals surface area contributed by atoms with Crippen LogP contribution in [-0.2, 0) is 14.9 Å². The molecule has 0 bridgehead atoms. The Morgan fingerprint density at radius 1 is 1.04 bits per heavy atom. The molecule has 2 aliphatic rings. The van der Waals surface area contributed by atoms with Gasteiger partial charge in [-0.25, -0.2) is 4.39 Å². The van der Waals surface area contributed by atoms with E-state index < -0.39 is 0 Å². The van der Waals surface area contributed by atoms with Gasteiger partial charge < -0.3 is 14.8 Å². The number of benzene rings is 2. The lowest BCUT2D eigenvalue weighted by atomic mass is 9.82. The Morgan fingerprint density at radius 2 is 1.84 bits per heavy atom. The monoisotopic (exact) mass is 341 g/mol. The second-order valence-corrected chi connectivity index (χ2v) is 7.86. The lowest BCUT2D eigenvalue weighted by Gasteiger charge is -2.43. The van der Waals surface area contributed by atoms with E-state index in [0.29, 0.717) is 13.2 Å². The van der Waals surface area contributed by atoms with E-state index in [1.165, 1.54) is 11.6 Å². The van der Waals surface area contributed by atoms with E-state index in [4.69, 9.17) is 9.47 Å². The lowest BCUT2D eigenvalue weighted by molar-refractivity contribution is -0.151. The van der Waals surface area contributed by atoms with E-state index in [1.54, 1.807) is 12.1 Å². The number of rotatable bonds is 1. The van der Waals surface area contributed by atoms with Crippen LogP contribution < -0.4 is 5.32 Å². The van der Waals surface area contributed by atoms with Crippen LogP contribution >= 0.6 is 0 Å². The van der Waals surface area contributed by atoms with Crippen molar-refractivity contribution in [1.29, 1.82) is 0 Å². The summed E-state index contributed by atoms with van der Waals surface area (Å²) >= 11 is 0. The summed E-state index contributed by atoms with van der Waals surface area (Å²) in [5.41, 5.74) is 4.38. The third-order valence-corrected chi connectivity index (χ3v) is 5.06. The highest BCUT2D eigenvalue weighted by atomic mass is 19.1. The third-order valence-electron chi connectivity index (χ3n) is 5.06. The predicted octanol–water partition coefficient (Wildman–Crippen LogP) is 4.75. The van der Waals surface area contributed by atoms with Crippen molar-refractivity contribution in [2.45, 2.75) is 44.4 Å². The number of fused-ring (bicyclic) bond motifs is 3. The Morgan fingerprint density at radius 3 is 2.60 bits per heavy atom. The number of halogens is 1. The van der Waals surface area contributed by atoms with Gasteiger partial charge in [-0.1, -0.05) is 45.0 Å². The van der Waals surface area contributed by atoms with E-state index in [2.05, 4.69) is 44.3 Å². The SMILES string of the molecule is CC(C)(C)c1ccc2c(c1)C1OCCOC1C(c1cccc(F)c1)N2. The smallest absolute Gasteiger partial charge is 0.123 e. The van der Waals surface area contributed by atoms with Gasteiger partial charge in [0.2, 0.25) is 0 Å². The Bertz CT molecular complexity index is 784. The molecular weight excluding hydrogens is 317 g/mol. The number of ether oxygens (including phenoxy) is 2. The topological polar surface area (TPSA) is 30.5 Å². The second kappa shape index (κ2) is 6.11. The van der Waals surface area contributed by atoms with Gasteiger partial charge in [-0.15, -0.1) is 0 Å². The van der Waals surface area contributed by atoms with Gasteiger partial charge in [0, 0.05) is 11.3 Å². The summed E-state index contributed by atoms with van der Waals surface area (Å²) < 4.78 is 25.9. The molecule has 1 saturated heterocycles. The van der Waals surface area contributed by atoms with Crippen molar-refractivity contribution in [1.82, 2.24) is 0 Å². The van der Waals surface area contributed by atoms with Crippen molar-refractivity contribution in [2.75, 3.05) is 18.5 Å².